The summed E-state index contributed by atoms with van der Waals surface area (Å²) in [6.45, 7) is 0.712. The summed E-state index contributed by atoms with van der Waals surface area (Å²) in [4.78, 5) is 8.67. The highest BCUT2D eigenvalue weighted by Crippen LogP contribution is 2.24. The smallest absolute Gasteiger partial charge is 0.179 e. The summed E-state index contributed by atoms with van der Waals surface area (Å²) < 4.78 is 3.74. The Kier molecular flexibility index (Phi) is 3.27. The van der Waals surface area contributed by atoms with Gasteiger partial charge in [-0.05, 0) is 46.3 Å². The molecule has 0 bridgehead atoms. The van der Waals surface area contributed by atoms with Crippen molar-refractivity contribution in [2.75, 3.05) is 0 Å². The molecule has 7 heteroatoms. The van der Waals surface area contributed by atoms with Gasteiger partial charge in [0, 0.05) is 11.1 Å². The van der Waals surface area contributed by atoms with Crippen molar-refractivity contribution in [2.45, 2.75) is 6.54 Å². The average Bonchev–Trinajstić information content (AvgIpc) is 2.84. The summed E-state index contributed by atoms with van der Waals surface area (Å²) in [7, 11) is 0. The third kappa shape index (κ3) is 2.25. The summed E-state index contributed by atoms with van der Waals surface area (Å²) in [5.41, 5.74) is 1.69. The predicted octanol–water partition coefficient (Wildman–Crippen LogP) is 4.62. The van der Waals surface area contributed by atoms with Crippen molar-refractivity contribution in [1.29, 1.82) is 0 Å². The molecule has 0 fully saturated rings. The lowest BCUT2D eigenvalue weighted by Gasteiger charge is -2.01. The van der Waals surface area contributed by atoms with Crippen molar-refractivity contribution in [2.24, 2.45) is 0 Å². The third-order valence-electron chi connectivity index (χ3n) is 2.52. The van der Waals surface area contributed by atoms with E-state index in [0.29, 0.717) is 16.3 Å². The number of aromatic nitrogens is 3. The normalized spacial score (nSPS) is 11.2. The highest BCUT2D eigenvalue weighted by Gasteiger charge is 2.08. The Bertz CT molecular complexity index is 774. The number of aromatic amines is 1. The number of pyridine rings is 1. The highest BCUT2D eigenvalue weighted by atomic mass is 79.9. The molecule has 0 saturated carbocycles. The molecule has 0 radical (unpaired) electrons. The van der Waals surface area contributed by atoms with E-state index in [-0.39, 0.29) is 0 Å². The molecule has 18 heavy (non-hydrogen) atoms. The quantitative estimate of drug-likeness (QED) is 0.677. The van der Waals surface area contributed by atoms with Crippen LogP contribution in [0.2, 0.25) is 5.02 Å². The number of nitrogens with zero attached hydrogens (tertiary/aromatic N) is 2. The molecule has 0 amide bonds. The van der Waals surface area contributed by atoms with Crippen LogP contribution >= 0.6 is 51.1 Å². The monoisotopic (exact) mass is 359 g/mol. The first-order valence-corrected chi connectivity index (χ1v) is 7.51. The number of halogens is 2. The van der Waals surface area contributed by atoms with Crippen molar-refractivity contribution in [3.05, 3.63) is 42.9 Å². The van der Waals surface area contributed by atoms with Gasteiger partial charge in [-0.3, -0.25) is 4.57 Å². The van der Waals surface area contributed by atoms with Gasteiger partial charge >= 0.3 is 0 Å². The molecule has 0 spiro atoms. The molecule has 0 atom stereocenters. The Hall–Kier alpha value is -0.690. The number of fused-ring (bicyclic) bond motifs is 1. The Labute approximate surface area is 126 Å². The van der Waals surface area contributed by atoms with Crippen LogP contribution in [0.1, 0.15) is 4.88 Å². The van der Waals surface area contributed by atoms with E-state index >= 15 is 0 Å². The van der Waals surface area contributed by atoms with Crippen molar-refractivity contribution in [3.63, 3.8) is 0 Å². The molecule has 3 heterocycles. The van der Waals surface area contributed by atoms with Gasteiger partial charge in [-0.25, -0.2) is 4.98 Å². The van der Waals surface area contributed by atoms with Crippen molar-refractivity contribution in [1.82, 2.24) is 14.5 Å². The second kappa shape index (κ2) is 4.77. The third-order valence-corrected chi connectivity index (χ3v) is 4.66. The fourth-order valence-electron chi connectivity index (χ4n) is 1.76. The number of hydrogen-bond donors (Lipinski definition) is 1. The Balaban J connectivity index is 2.11. The lowest BCUT2D eigenvalue weighted by atomic mass is 10.4. The maximum absolute atomic E-state index is 5.91. The molecular formula is C11H7BrClN3S2. The molecule has 0 aliphatic heterocycles. The summed E-state index contributed by atoms with van der Waals surface area (Å²) in [5, 5.41) is 0.602. The SMILES string of the molecule is S=c1[nH]c2cc(Cl)cnc2n1Cc1ccc(Br)s1. The van der Waals surface area contributed by atoms with E-state index in [1.165, 1.54) is 4.88 Å². The number of hydrogen-bond acceptors (Lipinski definition) is 3. The molecule has 3 aromatic rings. The minimum absolute atomic E-state index is 0.602. The maximum Gasteiger partial charge on any atom is 0.179 e. The standard InChI is InChI=1S/C11H7BrClN3S2/c12-9-2-1-7(18-9)5-16-10-8(15-11(16)17)3-6(13)4-14-10/h1-4H,5H2,(H,15,17). The molecule has 0 saturated heterocycles. The van der Waals surface area contributed by atoms with E-state index in [0.717, 1.165) is 15.0 Å². The zero-order valence-corrected chi connectivity index (χ0v) is 13.0. The molecule has 0 aromatic carbocycles. The first-order valence-electron chi connectivity index (χ1n) is 5.12. The summed E-state index contributed by atoms with van der Waals surface area (Å²) in [6.07, 6.45) is 1.63. The predicted molar refractivity (Wildman–Crippen MR) is 81.0 cm³/mol. The van der Waals surface area contributed by atoms with Crippen LogP contribution in [0.15, 0.2) is 28.2 Å². The van der Waals surface area contributed by atoms with Crippen LogP contribution in [-0.2, 0) is 6.54 Å². The van der Waals surface area contributed by atoms with Gasteiger partial charge in [-0.2, -0.15) is 0 Å². The maximum atomic E-state index is 5.91. The Morgan fingerprint density at radius 2 is 2.33 bits per heavy atom. The number of H-pyrrole nitrogens is 1. The lowest BCUT2D eigenvalue weighted by molar-refractivity contribution is 0.813. The fraction of sp³-hybridized carbons (Fsp3) is 0.0909. The van der Waals surface area contributed by atoms with Gasteiger partial charge in [0.2, 0.25) is 0 Å². The highest BCUT2D eigenvalue weighted by molar-refractivity contribution is 9.11. The minimum Gasteiger partial charge on any atom is -0.329 e. The molecule has 1 N–H and O–H groups in total. The van der Waals surface area contributed by atoms with E-state index in [1.807, 2.05) is 16.7 Å². The number of nitrogens with one attached hydrogen (secondary N) is 1. The molecule has 3 rings (SSSR count). The molecule has 0 aliphatic rings. The van der Waals surface area contributed by atoms with Crippen LogP contribution in [0.3, 0.4) is 0 Å². The second-order valence-electron chi connectivity index (χ2n) is 3.75. The van der Waals surface area contributed by atoms with Gasteiger partial charge in [-0.15, -0.1) is 11.3 Å². The van der Waals surface area contributed by atoms with Crippen LogP contribution in [0.4, 0.5) is 0 Å². The Morgan fingerprint density at radius 3 is 3.06 bits per heavy atom. The number of rotatable bonds is 2. The van der Waals surface area contributed by atoms with Crippen molar-refractivity contribution >= 4 is 62.2 Å². The molecule has 3 nitrogen and oxygen atoms in total. The van der Waals surface area contributed by atoms with Gasteiger partial charge in [0.25, 0.3) is 0 Å². The molecule has 92 valence electrons. The largest absolute Gasteiger partial charge is 0.329 e. The topological polar surface area (TPSA) is 33.6 Å². The molecular weight excluding hydrogens is 354 g/mol. The van der Waals surface area contributed by atoms with Gasteiger partial charge in [0.1, 0.15) is 0 Å². The van der Waals surface area contributed by atoms with Crippen molar-refractivity contribution < 1.29 is 0 Å². The average molecular weight is 361 g/mol. The van der Waals surface area contributed by atoms with Crippen molar-refractivity contribution in [3.8, 4) is 0 Å². The van der Waals surface area contributed by atoms with E-state index in [2.05, 4.69) is 32.0 Å². The van der Waals surface area contributed by atoms with E-state index < -0.39 is 0 Å². The minimum atomic E-state index is 0.602. The van der Waals surface area contributed by atoms with Crippen LogP contribution in [0.25, 0.3) is 11.2 Å². The van der Waals surface area contributed by atoms with E-state index in [1.54, 1.807) is 17.5 Å². The zero-order chi connectivity index (χ0) is 12.7. The first kappa shape index (κ1) is 12.3. The first-order chi connectivity index (χ1) is 8.63. The molecule has 3 aromatic heterocycles. The summed E-state index contributed by atoms with van der Waals surface area (Å²) in [5.74, 6) is 0. The van der Waals surface area contributed by atoms with Crippen LogP contribution in [0.5, 0.6) is 0 Å². The molecule has 0 unspecified atom stereocenters. The van der Waals surface area contributed by atoms with E-state index in [4.69, 9.17) is 23.8 Å². The number of thiophene rings is 1. The summed E-state index contributed by atoms with van der Waals surface area (Å²) in [6, 6.07) is 5.94. The second-order valence-corrected chi connectivity index (χ2v) is 7.12. The summed E-state index contributed by atoms with van der Waals surface area (Å²) >= 11 is 16.4. The van der Waals surface area contributed by atoms with Gasteiger partial charge < -0.3 is 4.98 Å². The van der Waals surface area contributed by atoms with Crippen LogP contribution in [0, 0.1) is 4.77 Å². The fourth-order valence-corrected chi connectivity index (χ4v) is 3.65. The Morgan fingerprint density at radius 1 is 1.50 bits per heavy atom. The van der Waals surface area contributed by atoms with Gasteiger partial charge in [0.05, 0.1) is 20.9 Å². The van der Waals surface area contributed by atoms with E-state index in [9.17, 15) is 0 Å². The zero-order valence-electron chi connectivity index (χ0n) is 8.98. The molecule has 0 aliphatic carbocycles. The lowest BCUT2D eigenvalue weighted by Crippen LogP contribution is -1.98. The van der Waals surface area contributed by atoms with Crippen LogP contribution in [-0.4, -0.2) is 14.5 Å². The van der Waals surface area contributed by atoms with Gasteiger partial charge in [-0.1, -0.05) is 11.6 Å². The van der Waals surface area contributed by atoms with Crippen LogP contribution < -0.4 is 0 Å². The number of imidazole rings is 1. The van der Waals surface area contributed by atoms with Gasteiger partial charge in [0.15, 0.2) is 10.4 Å².